The number of hydrogen-bond donors (Lipinski definition) is 3. The SMILES string of the molecule is O=C(NCCCn1ccnc1)c1no[n+]([O-])c1-c1ccncc1.O=C(O)/C=C/C(=O)O. The molecule has 0 aliphatic heterocycles. The Hall–Kier alpha value is -4.55. The summed E-state index contributed by atoms with van der Waals surface area (Å²) in [4.78, 5) is 39.3. The first-order chi connectivity index (χ1) is 14.9. The maximum absolute atomic E-state index is 12.2. The van der Waals surface area contributed by atoms with E-state index in [1.54, 1.807) is 24.7 Å². The van der Waals surface area contributed by atoms with E-state index in [4.69, 9.17) is 10.2 Å². The normalized spacial score (nSPS) is 10.3. The van der Waals surface area contributed by atoms with Gasteiger partial charge in [0.2, 0.25) is 5.69 Å². The zero-order chi connectivity index (χ0) is 22.6. The summed E-state index contributed by atoms with van der Waals surface area (Å²) in [6.07, 6.45) is 10.1. The topological polar surface area (TPSA) is 187 Å². The third kappa shape index (κ3) is 7.41. The number of aliphatic carboxylic acids is 2. The summed E-state index contributed by atoms with van der Waals surface area (Å²) >= 11 is 0. The number of hydrogen-bond acceptors (Lipinski definition) is 8. The third-order valence-corrected chi connectivity index (χ3v) is 3.59. The molecule has 0 radical (unpaired) electrons. The van der Waals surface area contributed by atoms with Gasteiger partial charge in [-0.1, -0.05) is 0 Å². The van der Waals surface area contributed by atoms with E-state index in [-0.39, 0.29) is 16.3 Å². The molecule has 0 fully saturated rings. The first kappa shape index (κ1) is 22.7. The largest absolute Gasteiger partial charge is 0.478 e. The van der Waals surface area contributed by atoms with Crippen molar-refractivity contribution in [3.63, 3.8) is 0 Å². The number of aromatic nitrogens is 5. The lowest BCUT2D eigenvalue weighted by molar-refractivity contribution is -0.793. The molecule has 3 N–H and O–H groups in total. The monoisotopic (exact) mass is 430 g/mol. The zero-order valence-corrected chi connectivity index (χ0v) is 16.0. The fourth-order valence-corrected chi connectivity index (χ4v) is 2.26. The van der Waals surface area contributed by atoms with Crippen LogP contribution in [0.1, 0.15) is 16.9 Å². The molecule has 3 aromatic heterocycles. The Bertz CT molecular complexity index is 1020. The molecule has 0 spiro atoms. The minimum absolute atomic E-state index is 0.0474. The molecule has 0 saturated carbocycles. The number of pyridine rings is 1. The van der Waals surface area contributed by atoms with E-state index in [1.165, 1.54) is 12.4 Å². The fraction of sp³-hybridized carbons (Fsp3) is 0.167. The number of imidazole rings is 1. The van der Waals surface area contributed by atoms with Crippen LogP contribution in [0.25, 0.3) is 11.3 Å². The van der Waals surface area contributed by atoms with Crippen molar-refractivity contribution in [1.29, 1.82) is 0 Å². The predicted octanol–water partition coefficient (Wildman–Crippen LogP) is 0.0984. The zero-order valence-electron chi connectivity index (χ0n) is 16.0. The van der Waals surface area contributed by atoms with Gasteiger partial charge in [-0.15, -0.1) is 0 Å². The molecule has 13 nitrogen and oxygen atoms in total. The molecule has 0 bridgehead atoms. The molecule has 31 heavy (non-hydrogen) atoms. The molecule has 0 aliphatic rings. The van der Waals surface area contributed by atoms with Gasteiger partial charge in [-0.2, -0.15) is 0 Å². The van der Waals surface area contributed by atoms with Crippen LogP contribution in [0.3, 0.4) is 0 Å². The molecule has 0 aromatic carbocycles. The number of carbonyl (C=O) groups is 3. The van der Waals surface area contributed by atoms with Crippen molar-refractivity contribution in [2.75, 3.05) is 6.54 Å². The summed E-state index contributed by atoms with van der Waals surface area (Å²) in [5, 5.41) is 33.6. The summed E-state index contributed by atoms with van der Waals surface area (Å²) in [6.45, 7) is 1.18. The van der Waals surface area contributed by atoms with Gasteiger partial charge in [0.15, 0.2) is 0 Å². The van der Waals surface area contributed by atoms with Crippen LogP contribution in [0.15, 0.2) is 60.0 Å². The standard InChI is InChI=1S/C14H14N6O3.C4H4O4/c21-14(17-4-1-8-19-9-7-16-10-19)12-13(20(22)23-18-12)11-2-5-15-6-3-11;5-3(6)1-2-4(7)8/h2-3,5-7,9-10H,1,4,8H2,(H,17,21);1-2H,(H,5,6)(H,7,8)/b;2-1+. The number of carbonyl (C=O) groups excluding carboxylic acids is 1. The molecular formula is C18H18N6O7. The van der Waals surface area contributed by atoms with Gasteiger partial charge in [0.25, 0.3) is 0 Å². The van der Waals surface area contributed by atoms with Crippen LogP contribution >= 0.6 is 0 Å². The summed E-state index contributed by atoms with van der Waals surface area (Å²) < 4.78 is 6.47. The smallest absolute Gasteiger partial charge is 0.328 e. The van der Waals surface area contributed by atoms with Crippen molar-refractivity contribution in [2.45, 2.75) is 13.0 Å². The maximum atomic E-state index is 12.2. The van der Waals surface area contributed by atoms with Crippen molar-refractivity contribution >= 4 is 17.8 Å². The molecular weight excluding hydrogens is 412 g/mol. The lowest BCUT2D eigenvalue weighted by Crippen LogP contribution is -2.29. The van der Waals surface area contributed by atoms with Gasteiger partial charge in [0.05, 0.1) is 11.5 Å². The number of amides is 1. The lowest BCUT2D eigenvalue weighted by Gasteiger charge is -2.03. The van der Waals surface area contributed by atoms with Gasteiger partial charge in [-0.3, -0.25) is 14.4 Å². The van der Waals surface area contributed by atoms with Crippen LogP contribution in [0.5, 0.6) is 0 Å². The van der Waals surface area contributed by atoms with Crippen LogP contribution in [0, 0.1) is 5.21 Å². The van der Waals surface area contributed by atoms with E-state index in [0.717, 1.165) is 13.0 Å². The van der Waals surface area contributed by atoms with Crippen LogP contribution in [-0.4, -0.2) is 54.3 Å². The second kappa shape index (κ2) is 11.5. The number of rotatable bonds is 8. The summed E-state index contributed by atoms with van der Waals surface area (Å²) in [5.41, 5.74) is 0.535. The lowest BCUT2D eigenvalue weighted by atomic mass is 10.1. The molecule has 3 heterocycles. The highest BCUT2D eigenvalue weighted by Crippen LogP contribution is 2.17. The van der Waals surface area contributed by atoms with Crippen molar-refractivity contribution in [2.24, 2.45) is 0 Å². The highest BCUT2D eigenvalue weighted by Gasteiger charge is 2.27. The van der Waals surface area contributed by atoms with E-state index >= 15 is 0 Å². The average molecular weight is 430 g/mol. The fourth-order valence-electron chi connectivity index (χ4n) is 2.26. The van der Waals surface area contributed by atoms with Crippen molar-refractivity contribution in [1.82, 2.24) is 25.0 Å². The van der Waals surface area contributed by atoms with Gasteiger partial charge >= 0.3 is 23.5 Å². The molecule has 0 atom stereocenters. The van der Waals surface area contributed by atoms with Gasteiger partial charge in [0.1, 0.15) is 0 Å². The summed E-state index contributed by atoms with van der Waals surface area (Å²) in [5.74, 6) is -2.97. The third-order valence-electron chi connectivity index (χ3n) is 3.59. The highest BCUT2D eigenvalue weighted by molar-refractivity contribution is 5.97. The molecule has 0 saturated heterocycles. The number of carboxylic acid groups (broad SMARTS) is 2. The van der Waals surface area contributed by atoms with Crippen LogP contribution in [0.2, 0.25) is 0 Å². The Balaban J connectivity index is 0.000000366. The Kier molecular flexibility index (Phi) is 8.40. The number of nitrogens with one attached hydrogen (secondary N) is 1. The van der Waals surface area contributed by atoms with Gasteiger partial charge in [0, 0.05) is 55.6 Å². The minimum Gasteiger partial charge on any atom is -0.478 e. The molecule has 3 rings (SSSR count). The van der Waals surface area contributed by atoms with E-state index in [9.17, 15) is 19.6 Å². The molecule has 1 amide bonds. The van der Waals surface area contributed by atoms with E-state index in [2.05, 4.69) is 25.1 Å². The molecule has 0 unspecified atom stereocenters. The Morgan fingerprint density at radius 3 is 2.39 bits per heavy atom. The number of aryl methyl sites for hydroxylation is 1. The molecule has 3 aromatic rings. The molecule has 162 valence electrons. The van der Waals surface area contributed by atoms with Crippen molar-refractivity contribution in [3.05, 3.63) is 66.3 Å². The minimum atomic E-state index is -1.26. The second-order valence-corrected chi connectivity index (χ2v) is 5.78. The van der Waals surface area contributed by atoms with Gasteiger partial charge < -0.3 is 25.3 Å². The van der Waals surface area contributed by atoms with Crippen LogP contribution in [-0.2, 0) is 16.1 Å². The number of carboxylic acids is 2. The maximum Gasteiger partial charge on any atom is 0.328 e. The Morgan fingerprint density at radius 2 is 1.81 bits per heavy atom. The highest BCUT2D eigenvalue weighted by atomic mass is 16.8. The van der Waals surface area contributed by atoms with Gasteiger partial charge in [-0.05, 0) is 23.5 Å². The van der Waals surface area contributed by atoms with E-state index in [1.807, 2.05) is 10.8 Å². The van der Waals surface area contributed by atoms with Crippen LogP contribution < -0.4 is 10.2 Å². The van der Waals surface area contributed by atoms with Gasteiger partial charge in [-0.25, -0.2) is 14.6 Å². The first-order valence-corrected chi connectivity index (χ1v) is 8.76. The summed E-state index contributed by atoms with van der Waals surface area (Å²) in [7, 11) is 0. The average Bonchev–Trinajstić information content (AvgIpc) is 3.40. The van der Waals surface area contributed by atoms with Crippen molar-refractivity contribution < 1.29 is 34.1 Å². The predicted molar refractivity (Wildman–Crippen MR) is 102 cm³/mol. The quantitative estimate of drug-likeness (QED) is 0.251. The van der Waals surface area contributed by atoms with Crippen molar-refractivity contribution in [3.8, 4) is 11.3 Å². The number of nitrogens with zero attached hydrogens (tertiary/aromatic N) is 5. The Labute approximate surface area is 174 Å². The second-order valence-electron chi connectivity index (χ2n) is 5.78. The molecule has 0 aliphatic carbocycles. The Morgan fingerprint density at radius 1 is 1.13 bits per heavy atom. The molecule has 13 heteroatoms. The van der Waals surface area contributed by atoms with E-state index < -0.39 is 17.8 Å². The summed E-state index contributed by atoms with van der Waals surface area (Å²) in [6, 6.07) is 3.22. The first-order valence-electron chi connectivity index (χ1n) is 8.76. The van der Waals surface area contributed by atoms with Crippen LogP contribution in [0.4, 0.5) is 0 Å². The van der Waals surface area contributed by atoms with E-state index in [0.29, 0.717) is 24.3 Å².